The van der Waals surface area contributed by atoms with Gasteiger partial charge in [-0.15, -0.1) is 0 Å². The predicted molar refractivity (Wildman–Crippen MR) is 81.9 cm³/mol. The van der Waals surface area contributed by atoms with E-state index >= 15 is 0 Å². The van der Waals surface area contributed by atoms with Crippen molar-refractivity contribution in [1.29, 1.82) is 0 Å². The monoisotopic (exact) mass is 269 g/mol. The van der Waals surface area contributed by atoms with Gasteiger partial charge in [-0.2, -0.15) is 15.6 Å². The summed E-state index contributed by atoms with van der Waals surface area (Å²) in [5, 5.41) is 16.3. The molecule has 3 rings (SSSR count). The number of benzene rings is 1. The van der Waals surface area contributed by atoms with E-state index in [1.807, 2.05) is 36.4 Å². The molecule has 0 fully saturated rings. The topological polar surface area (TPSA) is 47.9 Å². The largest absolute Gasteiger partial charge is 0.506 e. The van der Waals surface area contributed by atoms with E-state index in [1.54, 1.807) is 11.2 Å². The minimum atomic E-state index is 0.0296. The van der Waals surface area contributed by atoms with E-state index in [9.17, 15) is 5.11 Å². The molecule has 0 saturated heterocycles. The molecule has 1 aromatic rings. The molecular formula is C16H19N3O. The molecule has 0 spiro atoms. The molecule has 1 heterocycles. The Morgan fingerprint density at radius 1 is 1.25 bits per heavy atom. The van der Waals surface area contributed by atoms with Crippen molar-refractivity contribution in [2.24, 2.45) is 5.10 Å². The second-order valence-electron chi connectivity index (χ2n) is 6.14. The molecule has 1 aromatic carbocycles. The second kappa shape index (κ2) is 4.49. The maximum Gasteiger partial charge on any atom is 0.142 e. The highest BCUT2D eigenvalue weighted by Crippen LogP contribution is 2.34. The molecule has 104 valence electrons. The average Bonchev–Trinajstić information content (AvgIpc) is 2.81. The van der Waals surface area contributed by atoms with Gasteiger partial charge >= 0.3 is 0 Å². The zero-order valence-electron chi connectivity index (χ0n) is 12.0. The Kier molecular flexibility index (Phi) is 2.91. The van der Waals surface area contributed by atoms with Gasteiger partial charge in [0.15, 0.2) is 0 Å². The molecule has 1 aliphatic heterocycles. The predicted octanol–water partition coefficient (Wildman–Crippen LogP) is 2.86. The van der Waals surface area contributed by atoms with Crippen molar-refractivity contribution in [2.75, 3.05) is 5.12 Å². The van der Waals surface area contributed by atoms with Gasteiger partial charge in [-0.3, -0.25) is 0 Å². The van der Waals surface area contributed by atoms with Crippen LogP contribution in [0, 0.1) is 0 Å². The lowest BCUT2D eigenvalue weighted by atomic mass is 9.87. The van der Waals surface area contributed by atoms with Gasteiger partial charge < -0.3 is 5.11 Å². The summed E-state index contributed by atoms with van der Waals surface area (Å²) in [5.74, 6) is 0.224. The molecule has 2 N–H and O–H groups in total. The normalized spacial score (nSPS) is 21.1. The number of rotatable bonds is 1. The van der Waals surface area contributed by atoms with Crippen LogP contribution in [-0.2, 0) is 5.41 Å². The highest BCUT2D eigenvalue weighted by atomic mass is 16.3. The van der Waals surface area contributed by atoms with Gasteiger partial charge in [-0.1, -0.05) is 45.1 Å². The van der Waals surface area contributed by atoms with Crippen LogP contribution in [0.5, 0.6) is 5.75 Å². The van der Waals surface area contributed by atoms with Gasteiger partial charge in [0, 0.05) is 0 Å². The second-order valence-corrected chi connectivity index (χ2v) is 6.14. The zero-order valence-corrected chi connectivity index (χ0v) is 12.0. The molecule has 0 aromatic heterocycles. The summed E-state index contributed by atoms with van der Waals surface area (Å²) in [6.07, 6.45) is 7.98. The molecule has 2 aliphatic rings. The molecular weight excluding hydrogens is 250 g/mol. The number of fused-ring (bicyclic) bond motifs is 1. The van der Waals surface area contributed by atoms with Crippen molar-refractivity contribution in [2.45, 2.75) is 32.2 Å². The van der Waals surface area contributed by atoms with Crippen LogP contribution in [0.3, 0.4) is 0 Å². The summed E-state index contributed by atoms with van der Waals surface area (Å²) in [6.45, 7) is 6.45. The van der Waals surface area contributed by atoms with Crippen LogP contribution in [0.4, 0.5) is 5.69 Å². The molecule has 0 amide bonds. The Labute approximate surface area is 119 Å². The summed E-state index contributed by atoms with van der Waals surface area (Å²) in [7, 11) is 0. The molecule has 1 unspecified atom stereocenters. The molecule has 4 heteroatoms. The Hall–Kier alpha value is -2.07. The van der Waals surface area contributed by atoms with Crippen molar-refractivity contribution in [3.05, 3.63) is 48.1 Å². The van der Waals surface area contributed by atoms with Crippen molar-refractivity contribution < 1.29 is 5.11 Å². The standard InChI is InChI=1S/C16H19N3O/c1-16(2,3)11-8-9-15(20)14(10-11)19-17-12-6-4-5-7-13(12)18-19/h4-10,12,17,20H,1-3H3. The first-order valence-corrected chi connectivity index (χ1v) is 6.78. The minimum Gasteiger partial charge on any atom is -0.506 e. The van der Waals surface area contributed by atoms with E-state index < -0.39 is 0 Å². The van der Waals surface area contributed by atoms with Crippen LogP contribution in [-0.4, -0.2) is 16.9 Å². The number of hydrogen-bond acceptors (Lipinski definition) is 4. The van der Waals surface area contributed by atoms with Gasteiger partial charge in [0.05, 0.1) is 11.8 Å². The fourth-order valence-corrected chi connectivity index (χ4v) is 2.30. The maximum atomic E-state index is 10.1. The highest BCUT2D eigenvalue weighted by Gasteiger charge is 2.26. The smallest absolute Gasteiger partial charge is 0.142 e. The van der Waals surface area contributed by atoms with E-state index in [-0.39, 0.29) is 17.2 Å². The first-order chi connectivity index (χ1) is 9.45. The van der Waals surface area contributed by atoms with Crippen molar-refractivity contribution in [3.63, 3.8) is 0 Å². The first kappa shape index (κ1) is 12.9. The molecule has 0 radical (unpaired) electrons. The minimum absolute atomic E-state index is 0.0296. The van der Waals surface area contributed by atoms with E-state index in [1.165, 1.54) is 0 Å². The van der Waals surface area contributed by atoms with Gasteiger partial charge in [0.1, 0.15) is 11.4 Å². The van der Waals surface area contributed by atoms with Gasteiger partial charge in [0.25, 0.3) is 0 Å². The lowest BCUT2D eigenvalue weighted by molar-refractivity contribution is 0.470. The average molecular weight is 269 g/mol. The third kappa shape index (κ3) is 2.23. The fraction of sp³-hybridized carbons (Fsp3) is 0.312. The number of anilines is 1. The number of hydrazine groups is 1. The summed E-state index contributed by atoms with van der Waals surface area (Å²) < 4.78 is 0. The van der Waals surface area contributed by atoms with Crippen LogP contribution in [0.25, 0.3) is 0 Å². The Morgan fingerprint density at radius 3 is 2.75 bits per heavy atom. The Balaban J connectivity index is 1.97. The van der Waals surface area contributed by atoms with Gasteiger partial charge in [-0.05, 0) is 29.2 Å². The zero-order chi connectivity index (χ0) is 14.3. The van der Waals surface area contributed by atoms with E-state index in [0.717, 1.165) is 11.3 Å². The van der Waals surface area contributed by atoms with Crippen molar-refractivity contribution in [1.82, 2.24) is 5.43 Å². The summed E-state index contributed by atoms with van der Waals surface area (Å²) in [6, 6.07) is 5.75. The van der Waals surface area contributed by atoms with Gasteiger partial charge in [-0.25, -0.2) is 0 Å². The summed E-state index contributed by atoms with van der Waals surface area (Å²) >= 11 is 0. The summed E-state index contributed by atoms with van der Waals surface area (Å²) in [5.41, 5.74) is 6.08. The number of phenols is 1. The van der Waals surface area contributed by atoms with Crippen LogP contribution < -0.4 is 10.5 Å². The Bertz CT molecular complexity index is 623. The maximum absolute atomic E-state index is 10.1. The van der Waals surface area contributed by atoms with Crippen LogP contribution in [0.15, 0.2) is 47.6 Å². The molecule has 1 aliphatic carbocycles. The van der Waals surface area contributed by atoms with Crippen LogP contribution >= 0.6 is 0 Å². The molecule has 20 heavy (non-hydrogen) atoms. The third-order valence-corrected chi connectivity index (χ3v) is 3.55. The molecule has 4 nitrogen and oxygen atoms in total. The number of nitrogens with one attached hydrogen (secondary N) is 1. The first-order valence-electron chi connectivity index (χ1n) is 6.78. The number of allylic oxidation sites excluding steroid dienone is 2. The number of hydrogen-bond donors (Lipinski definition) is 2. The SMILES string of the molecule is CC(C)(C)c1ccc(O)c(N2N=C3C=CC=CC3N2)c1. The molecule has 0 saturated carbocycles. The lowest BCUT2D eigenvalue weighted by Crippen LogP contribution is -2.37. The van der Waals surface area contributed by atoms with Crippen LogP contribution in [0.2, 0.25) is 0 Å². The third-order valence-electron chi connectivity index (χ3n) is 3.55. The number of nitrogens with zero attached hydrogens (tertiary/aromatic N) is 2. The fourth-order valence-electron chi connectivity index (χ4n) is 2.30. The number of hydrazone groups is 1. The Morgan fingerprint density at radius 2 is 2.05 bits per heavy atom. The van der Waals surface area contributed by atoms with E-state index in [2.05, 4.69) is 31.3 Å². The molecule has 1 atom stereocenters. The molecule has 0 bridgehead atoms. The van der Waals surface area contributed by atoms with E-state index in [0.29, 0.717) is 5.69 Å². The highest BCUT2D eigenvalue weighted by molar-refractivity contribution is 6.03. The van der Waals surface area contributed by atoms with Crippen LogP contribution in [0.1, 0.15) is 26.3 Å². The van der Waals surface area contributed by atoms with Gasteiger partial charge in [0.2, 0.25) is 0 Å². The van der Waals surface area contributed by atoms with Crippen molar-refractivity contribution >= 4 is 11.4 Å². The van der Waals surface area contributed by atoms with E-state index in [4.69, 9.17) is 0 Å². The summed E-state index contributed by atoms with van der Waals surface area (Å²) in [4.78, 5) is 0. The number of aromatic hydroxyl groups is 1. The lowest BCUT2D eigenvalue weighted by Gasteiger charge is -2.23. The number of phenolic OH excluding ortho intramolecular Hbond substituents is 1. The van der Waals surface area contributed by atoms with Crippen molar-refractivity contribution in [3.8, 4) is 5.75 Å². The quantitative estimate of drug-likeness (QED) is 0.824.